The number of halogens is 2. The molecule has 3 heteroatoms. The van der Waals surface area contributed by atoms with Crippen molar-refractivity contribution in [2.24, 2.45) is 5.92 Å². The van der Waals surface area contributed by atoms with Crippen LogP contribution in [0.15, 0.2) is 0 Å². The normalized spacial score (nSPS) is 12.4. The van der Waals surface area contributed by atoms with E-state index in [0.717, 1.165) is 18.9 Å². The number of hydrogen-bond acceptors (Lipinski definition) is 1. The Morgan fingerprint density at radius 2 is 1.79 bits per heavy atom. The minimum atomic E-state index is -0.0555. The zero-order chi connectivity index (χ0) is 11.0. The predicted octanol–water partition coefficient (Wildman–Crippen LogP) is 3.64. The lowest BCUT2D eigenvalue weighted by Crippen LogP contribution is -2.48. The monoisotopic (exact) mass is 239 g/mol. The molecule has 0 aromatic rings. The van der Waals surface area contributed by atoms with Crippen molar-refractivity contribution < 1.29 is 0 Å². The highest BCUT2D eigenvalue weighted by Crippen LogP contribution is 2.15. The van der Waals surface area contributed by atoms with E-state index in [1.54, 1.807) is 0 Å². The van der Waals surface area contributed by atoms with E-state index in [1.807, 2.05) is 0 Å². The molecule has 0 rings (SSSR count). The van der Waals surface area contributed by atoms with E-state index in [9.17, 15) is 0 Å². The van der Waals surface area contributed by atoms with Gasteiger partial charge in [0.15, 0.2) is 0 Å². The van der Waals surface area contributed by atoms with E-state index in [4.69, 9.17) is 23.2 Å². The third-order valence-electron chi connectivity index (χ3n) is 2.65. The molecule has 0 atom stereocenters. The van der Waals surface area contributed by atoms with Crippen LogP contribution in [-0.2, 0) is 0 Å². The SMILES string of the molecule is CCC(CCl)(CCl)NCCCC(C)C. The van der Waals surface area contributed by atoms with Crippen molar-refractivity contribution in [3.05, 3.63) is 0 Å². The lowest BCUT2D eigenvalue weighted by molar-refractivity contribution is 0.375. The summed E-state index contributed by atoms with van der Waals surface area (Å²) in [6, 6.07) is 0. The van der Waals surface area contributed by atoms with Gasteiger partial charge in [-0.15, -0.1) is 23.2 Å². The van der Waals surface area contributed by atoms with Crippen LogP contribution in [0.3, 0.4) is 0 Å². The van der Waals surface area contributed by atoms with Crippen LogP contribution in [0, 0.1) is 5.92 Å². The summed E-state index contributed by atoms with van der Waals surface area (Å²) < 4.78 is 0. The van der Waals surface area contributed by atoms with Gasteiger partial charge in [0.2, 0.25) is 0 Å². The van der Waals surface area contributed by atoms with Gasteiger partial charge in [-0.05, 0) is 31.7 Å². The molecule has 86 valence electrons. The number of rotatable bonds is 8. The van der Waals surface area contributed by atoms with Crippen LogP contribution in [0.2, 0.25) is 0 Å². The summed E-state index contributed by atoms with van der Waals surface area (Å²) in [7, 11) is 0. The molecule has 0 saturated carbocycles. The number of alkyl halides is 2. The van der Waals surface area contributed by atoms with Gasteiger partial charge < -0.3 is 5.32 Å². The van der Waals surface area contributed by atoms with Crippen molar-refractivity contribution in [3.8, 4) is 0 Å². The fourth-order valence-corrected chi connectivity index (χ4v) is 2.16. The summed E-state index contributed by atoms with van der Waals surface area (Å²) in [6.07, 6.45) is 3.45. The Hall–Kier alpha value is 0.540. The van der Waals surface area contributed by atoms with Gasteiger partial charge in [-0.2, -0.15) is 0 Å². The lowest BCUT2D eigenvalue weighted by atomic mass is 10.0. The van der Waals surface area contributed by atoms with E-state index in [1.165, 1.54) is 12.8 Å². The molecule has 14 heavy (non-hydrogen) atoms. The summed E-state index contributed by atoms with van der Waals surface area (Å²) in [5.41, 5.74) is -0.0555. The summed E-state index contributed by atoms with van der Waals surface area (Å²) in [6.45, 7) is 7.64. The minimum Gasteiger partial charge on any atom is -0.309 e. The van der Waals surface area contributed by atoms with Crippen molar-refractivity contribution in [2.45, 2.75) is 45.6 Å². The van der Waals surface area contributed by atoms with Crippen LogP contribution >= 0.6 is 23.2 Å². The second-order valence-corrected chi connectivity index (χ2v) is 4.90. The molecule has 0 unspecified atom stereocenters. The van der Waals surface area contributed by atoms with Crippen LogP contribution in [0.5, 0.6) is 0 Å². The average Bonchev–Trinajstić information content (AvgIpc) is 2.19. The Bertz CT molecular complexity index is 125. The van der Waals surface area contributed by atoms with Gasteiger partial charge in [-0.1, -0.05) is 20.8 Å². The molecule has 0 radical (unpaired) electrons. The van der Waals surface area contributed by atoms with Crippen LogP contribution in [-0.4, -0.2) is 23.8 Å². The Kier molecular flexibility index (Phi) is 8.08. The Labute approximate surface area is 98.5 Å². The molecule has 0 saturated heterocycles. The van der Waals surface area contributed by atoms with Gasteiger partial charge in [0.25, 0.3) is 0 Å². The van der Waals surface area contributed by atoms with Crippen molar-refractivity contribution in [2.75, 3.05) is 18.3 Å². The molecule has 0 fully saturated rings. The largest absolute Gasteiger partial charge is 0.309 e. The van der Waals surface area contributed by atoms with Gasteiger partial charge in [0.05, 0.1) is 0 Å². The fourth-order valence-electron chi connectivity index (χ4n) is 1.31. The van der Waals surface area contributed by atoms with Gasteiger partial charge in [-0.3, -0.25) is 0 Å². The third-order valence-corrected chi connectivity index (χ3v) is 3.67. The molecule has 0 aromatic carbocycles. The first-order chi connectivity index (χ1) is 6.60. The molecular weight excluding hydrogens is 217 g/mol. The molecule has 0 aromatic heterocycles. The summed E-state index contributed by atoms with van der Waals surface area (Å²) >= 11 is 11.8. The van der Waals surface area contributed by atoms with Gasteiger partial charge in [0, 0.05) is 17.3 Å². The van der Waals surface area contributed by atoms with Crippen LogP contribution in [0.1, 0.15) is 40.0 Å². The zero-order valence-corrected chi connectivity index (χ0v) is 11.1. The maximum atomic E-state index is 5.92. The van der Waals surface area contributed by atoms with Gasteiger partial charge in [-0.25, -0.2) is 0 Å². The van der Waals surface area contributed by atoms with E-state index in [-0.39, 0.29) is 5.54 Å². The van der Waals surface area contributed by atoms with Gasteiger partial charge in [0.1, 0.15) is 0 Å². The standard InChI is InChI=1S/C11H23Cl2N/c1-4-11(8-12,9-13)14-7-5-6-10(2)3/h10,14H,4-9H2,1-3H3. The van der Waals surface area contributed by atoms with Crippen LogP contribution in [0.4, 0.5) is 0 Å². The highest BCUT2D eigenvalue weighted by Gasteiger charge is 2.24. The zero-order valence-electron chi connectivity index (χ0n) is 9.58. The highest BCUT2D eigenvalue weighted by molar-refractivity contribution is 6.22. The summed E-state index contributed by atoms with van der Waals surface area (Å²) in [4.78, 5) is 0. The molecule has 0 heterocycles. The topological polar surface area (TPSA) is 12.0 Å². The Morgan fingerprint density at radius 1 is 1.21 bits per heavy atom. The number of hydrogen-bond donors (Lipinski definition) is 1. The first-order valence-corrected chi connectivity index (χ1v) is 6.54. The Balaban J connectivity index is 3.71. The first-order valence-electron chi connectivity index (χ1n) is 5.47. The quantitative estimate of drug-likeness (QED) is 0.504. The molecule has 0 amide bonds. The number of nitrogens with one attached hydrogen (secondary N) is 1. The third kappa shape index (κ3) is 5.43. The smallest absolute Gasteiger partial charge is 0.0451 e. The molecule has 0 spiro atoms. The van der Waals surface area contributed by atoms with E-state index in [0.29, 0.717) is 11.8 Å². The molecule has 1 N–H and O–H groups in total. The van der Waals surface area contributed by atoms with Crippen LogP contribution < -0.4 is 5.32 Å². The van der Waals surface area contributed by atoms with Gasteiger partial charge >= 0.3 is 0 Å². The van der Waals surface area contributed by atoms with Crippen molar-refractivity contribution in [1.29, 1.82) is 0 Å². The maximum absolute atomic E-state index is 5.92. The van der Waals surface area contributed by atoms with E-state index >= 15 is 0 Å². The second-order valence-electron chi connectivity index (χ2n) is 4.36. The molecule has 0 bridgehead atoms. The fraction of sp³-hybridized carbons (Fsp3) is 1.00. The average molecular weight is 240 g/mol. The molecule has 0 aliphatic carbocycles. The molecule has 0 aliphatic heterocycles. The van der Waals surface area contributed by atoms with Crippen molar-refractivity contribution >= 4 is 23.2 Å². The predicted molar refractivity (Wildman–Crippen MR) is 66.5 cm³/mol. The maximum Gasteiger partial charge on any atom is 0.0451 e. The van der Waals surface area contributed by atoms with E-state index < -0.39 is 0 Å². The summed E-state index contributed by atoms with van der Waals surface area (Å²) in [5.74, 6) is 1.96. The molecule has 1 nitrogen and oxygen atoms in total. The second kappa shape index (κ2) is 7.78. The van der Waals surface area contributed by atoms with E-state index in [2.05, 4.69) is 26.1 Å². The Morgan fingerprint density at radius 3 is 2.14 bits per heavy atom. The first kappa shape index (κ1) is 14.5. The summed E-state index contributed by atoms with van der Waals surface area (Å²) in [5, 5.41) is 3.47. The highest BCUT2D eigenvalue weighted by atomic mass is 35.5. The van der Waals surface area contributed by atoms with Crippen molar-refractivity contribution in [3.63, 3.8) is 0 Å². The molecule has 0 aliphatic rings. The minimum absolute atomic E-state index is 0.0555. The molecular formula is C11H23Cl2N. The van der Waals surface area contributed by atoms with Crippen molar-refractivity contribution in [1.82, 2.24) is 5.32 Å². The lowest BCUT2D eigenvalue weighted by Gasteiger charge is -2.29. The van der Waals surface area contributed by atoms with Crippen LogP contribution in [0.25, 0.3) is 0 Å².